The van der Waals surface area contributed by atoms with Crippen LogP contribution in [0.25, 0.3) is 0 Å². The molecule has 24 heteroatoms. The summed E-state index contributed by atoms with van der Waals surface area (Å²) in [5.74, 6) is 0.848. The van der Waals surface area contributed by atoms with Crippen LogP contribution >= 0.6 is 0 Å². The number of benzene rings is 6. The molecule has 0 saturated carbocycles. The third kappa shape index (κ3) is 32.8. The first-order valence-electron chi connectivity index (χ1n) is 44.9. The summed E-state index contributed by atoms with van der Waals surface area (Å²) in [7, 11) is 23.5. The maximum Gasteiger partial charge on any atom is 0.257 e. The van der Waals surface area contributed by atoms with Gasteiger partial charge in [-0.05, 0) is 217 Å². The quantitative estimate of drug-likeness (QED) is 0.0214. The van der Waals surface area contributed by atoms with Gasteiger partial charge in [0.05, 0.1) is 0 Å². The smallest absolute Gasteiger partial charge is 0.257 e. The second kappa shape index (κ2) is 45.6. The lowest BCUT2D eigenvalue weighted by atomic mass is 9.79. The van der Waals surface area contributed by atoms with E-state index in [1.54, 1.807) is 0 Å². The number of likely N-dealkylation sites (N-methyl/N-ethyl adjacent to an activating group) is 6. The Bertz CT molecular complexity index is 3800. The highest BCUT2D eigenvalue weighted by atomic mass is 16.5. The van der Waals surface area contributed by atoms with Crippen molar-refractivity contribution >= 4 is 35.4 Å². The molecule has 6 aromatic rings. The van der Waals surface area contributed by atoms with Crippen LogP contribution in [0, 0.1) is 0 Å². The van der Waals surface area contributed by atoms with Gasteiger partial charge in [0.15, 0.2) is 39.6 Å². The average molecular weight is 1740 g/mol. The molecule has 0 atom stereocenters. The molecule has 1 aliphatic carbocycles. The maximum absolute atomic E-state index is 14.5. The van der Waals surface area contributed by atoms with E-state index >= 15 is 0 Å². The van der Waals surface area contributed by atoms with E-state index in [0.717, 1.165) is 100 Å². The van der Waals surface area contributed by atoms with Crippen molar-refractivity contribution in [1.29, 1.82) is 0 Å². The van der Waals surface area contributed by atoms with Gasteiger partial charge in [-0.15, -0.1) is 0 Å². The fourth-order valence-corrected chi connectivity index (χ4v) is 14.7. The van der Waals surface area contributed by atoms with E-state index in [1.807, 2.05) is 114 Å². The molecule has 1 aliphatic rings. The second-order valence-corrected chi connectivity index (χ2v) is 42.0. The Morgan fingerprint density at radius 3 is 0.405 bits per heavy atom. The van der Waals surface area contributed by atoms with Gasteiger partial charge in [-0.3, -0.25) is 28.8 Å². The van der Waals surface area contributed by atoms with Crippen molar-refractivity contribution in [2.24, 2.45) is 0 Å². The topological polar surface area (TPSA) is 249 Å². The summed E-state index contributed by atoms with van der Waals surface area (Å²) >= 11 is 0. The van der Waals surface area contributed by atoms with Crippen LogP contribution in [0.1, 0.15) is 225 Å². The highest BCUT2D eigenvalue weighted by molar-refractivity contribution is 5.81. The summed E-state index contributed by atoms with van der Waals surface area (Å²) in [6.45, 7) is 43.0. The largest absolute Gasteiger partial charge is 0.483 e. The van der Waals surface area contributed by atoms with E-state index in [9.17, 15) is 28.8 Å². The molecule has 0 unspecified atom stereocenters. The highest BCUT2D eigenvalue weighted by Crippen LogP contribution is 2.47. The molecular weight excluding hydrogens is 1590 g/mol. The van der Waals surface area contributed by atoms with Crippen molar-refractivity contribution < 1.29 is 57.2 Å². The van der Waals surface area contributed by atoms with E-state index in [0.29, 0.717) is 113 Å². The van der Waals surface area contributed by atoms with Crippen LogP contribution in [0.4, 0.5) is 0 Å². The van der Waals surface area contributed by atoms with Gasteiger partial charge in [-0.2, -0.15) is 0 Å². The van der Waals surface area contributed by atoms with Gasteiger partial charge in [0, 0.05) is 117 Å². The predicted octanol–water partition coefficient (Wildman–Crippen LogP) is 11.7. The number of hydrogen-bond acceptors (Lipinski definition) is 18. The average Bonchev–Trinajstić information content (AvgIpc) is 0.762. The SMILES string of the molecule is CN(C)CCNC(=O)COc1c2cc(C(C)(C)C)cc1Cc1cc(C(C)(C)C)cc(c1OCC(=O)NCCN(C)C)Cc1cc(C(C)(C)C)cc(c1OCC(=O)NCCN(C)C)Cc1cc(C(C)(C)C)cc(c1OCC(=O)NCCN(C)C)Cc1cc(C(C)(C)C)cc(c1OCC(=O)NCCN(C)C)Cc1cc(C(C)(C)C)cc(c1OCC(=O)NCCN(C)C)C2. The standard InChI is InChI=1S/C102H156N12O12/c1-97(2,3)79-49-67-43-69-51-80(98(4,5)6)53-71(92(69)122-62-86(116)104-32-38-110(21)22)45-73-55-82(100(10,11)12)57-75(94(73)124-64-88(118)106-34-40-112(25)26)47-77-59-84(102(16,17)18)60-78(96(77)126-66-90(120)108-36-42-114(29)30)48-76-58-83(101(13,14)15)56-74(95(76)125-65-89(119)107-35-41-113(27)28)46-72-54-81(99(7,8)9)52-70(93(72)123-63-87(117)105-33-39-111(23)24)44-68(50-79)91(67)121-61-85(115)103-31-37-109(19)20/h49-60H,31-48,61-66H2,1-30H3,(H,103,115)(H,104,116)(H,105,117)(H,106,118)(H,107,119)(H,108,120). The monoisotopic (exact) mass is 1740 g/mol. The van der Waals surface area contributed by atoms with Crippen LogP contribution in [0.2, 0.25) is 0 Å². The molecule has 6 aromatic carbocycles. The molecule has 0 heterocycles. The Kier molecular flexibility index (Phi) is 37.6. The predicted molar refractivity (Wildman–Crippen MR) is 510 cm³/mol. The Morgan fingerprint density at radius 1 is 0.214 bits per heavy atom. The van der Waals surface area contributed by atoms with Crippen molar-refractivity contribution in [2.45, 2.75) is 196 Å². The van der Waals surface area contributed by atoms with Crippen molar-refractivity contribution in [3.8, 4) is 34.5 Å². The summed E-state index contributed by atoms with van der Waals surface area (Å²) < 4.78 is 43.4. The Balaban J connectivity index is 1.80. The number of carbonyl (C=O) groups is 6. The Labute approximate surface area is 755 Å². The normalized spacial score (nSPS) is 13.0. The molecule has 0 saturated heterocycles. The van der Waals surface area contributed by atoms with Crippen LogP contribution in [-0.4, -0.2) is 268 Å². The molecule has 126 heavy (non-hydrogen) atoms. The van der Waals surface area contributed by atoms with E-state index in [-0.39, 0.29) is 114 Å². The number of hydrogen-bond donors (Lipinski definition) is 6. The van der Waals surface area contributed by atoms with Crippen molar-refractivity contribution in [3.05, 3.63) is 173 Å². The van der Waals surface area contributed by atoms with E-state index in [4.69, 9.17) is 28.4 Å². The van der Waals surface area contributed by atoms with E-state index < -0.39 is 32.5 Å². The summed E-state index contributed by atoms with van der Waals surface area (Å²) in [6.07, 6.45) is 1.01. The highest BCUT2D eigenvalue weighted by Gasteiger charge is 2.34. The van der Waals surface area contributed by atoms with Gasteiger partial charge in [0.1, 0.15) is 34.5 Å². The van der Waals surface area contributed by atoms with Gasteiger partial charge >= 0.3 is 0 Å². The number of fused-ring (bicyclic) bond motifs is 12. The minimum Gasteiger partial charge on any atom is -0.483 e. The second-order valence-electron chi connectivity index (χ2n) is 42.0. The number of carbonyl (C=O) groups excluding carboxylic acids is 6. The lowest BCUT2D eigenvalue weighted by Gasteiger charge is -2.29. The van der Waals surface area contributed by atoms with E-state index in [2.05, 4.69) is 229 Å². The zero-order chi connectivity index (χ0) is 93.7. The molecule has 7 rings (SSSR count). The van der Waals surface area contributed by atoms with Crippen LogP contribution in [0.3, 0.4) is 0 Å². The van der Waals surface area contributed by atoms with Crippen molar-refractivity contribution in [1.82, 2.24) is 61.3 Å². The fourth-order valence-electron chi connectivity index (χ4n) is 14.7. The minimum absolute atomic E-state index is 0.169. The zero-order valence-electron chi connectivity index (χ0n) is 82.5. The summed E-state index contributed by atoms with van der Waals surface area (Å²) in [5, 5.41) is 18.7. The molecule has 0 radical (unpaired) electrons. The third-order valence-electron chi connectivity index (χ3n) is 22.3. The van der Waals surface area contributed by atoms with Gasteiger partial charge in [-0.25, -0.2) is 0 Å². The number of rotatable bonds is 36. The first-order valence-corrected chi connectivity index (χ1v) is 44.9. The Hall–Kier alpha value is -9.30. The van der Waals surface area contributed by atoms with Crippen LogP contribution in [0.15, 0.2) is 72.8 Å². The molecule has 24 nitrogen and oxygen atoms in total. The molecule has 6 amide bonds. The summed E-state index contributed by atoms with van der Waals surface area (Å²) in [4.78, 5) is 99.3. The zero-order valence-corrected chi connectivity index (χ0v) is 82.5. The molecule has 0 aromatic heterocycles. The number of amides is 6. The molecule has 0 fully saturated rings. The molecule has 12 bridgehead atoms. The number of nitrogens with zero attached hydrogens (tertiary/aromatic N) is 6. The number of nitrogens with one attached hydrogen (secondary N) is 6. The summed E-state index contributed by atoms with van der Waals surface area (Å²) in [6, 6.07) is 26.1. The molecule has 0 aliphatic heterocycles. The summed E-state index contributed by atoms with van der Waals surface area (Å²) in [5.41, 5.74) is 11.7. The van der Waals surface area contributed by atoms with Gasteiger partial charge in [0.25, 0.3) is 35.4 Å². The van der Waals surface area contributed by atoms with E-state index in [1.165, 1.54) is 0 Å². The molecule has 6 N–H and O–H groups in total. The van der Waals surface area contributed by atoms with Gasteiger partial charge in [-0.1, -0.05) is 197 Å². The minimum atomic E-state index is -0.494. The van der Waals surface area contributed by atoms with Crippen molar-refractivity contribution in [3.63, 3.8) is 0 Å². The molecular formula is C102H156N12O12. The number of ether oxygens (including phenoxy) is 6. The van der Waals surface area contributed by atoms with Crippen LogP contribution in [-0.2, 0) is 99.8 Å². The van der Waals surface area contributed by atoms with Crippen LogP contribution < -0.4 is 60.3 Å². The molecule has 0 spiro atoms. The molecule has 696 valence electrons. The lowest BCUT2D eigenvalue weighted by Crippen LogP contribution is -2.34. The van der Waals surface area contributed by atoms with Crippen LogP contribution in [0.5, 0.6) is 34.5 Å². The third-order valence-corrected chi connectivity index (χ3v) is 22.3. The first kappa shape index (κ1) is 104. The van der Waals surface area contributed by atoms with Crippen molar-refractivity contribution in [2.75, 3.05) is 203 Å². The maximum atomic E-state index is 14.5. The van der Waals surface area contributed by atoms with Gasteiger partial charge < -0.3 is 89.7 Å². The lowest BCUT2D eigenvalue weighted by molar-refractivity contribution is -0.123. The fraction of sp³-hybridized carbons (Fsp3) is 0.588. The first-order chi connectivity index (χ1) is 58.6. The van der Waals surface area contributed by atoms with Gasteiger partial charge in [0.2, 0.25) is 0 Å². The Morgan fingerprint density at radius 2 is 0.317 bits per heavy atom.